The van der Waals surface area contributed by atoms with Gasteiger partial charge in [0.15, 0.2) is 0 Å². The zero-order valence-corrected chi connectivity index (χ0v) is 21.2. The lowest BCUT2D eigenvalue weighted by Gasteiger charge is -1.55. The third-order valence-corrected chi connectivity index (χ3v) is 2.68. The predicted molar refractivity (Wildman–Crippen MR) is 135 cm³/mol. The Morgan fingerprint density at radius 1 is 0.458 bits per heavy atom. The van der Waals surface area contributed by atoms with Crippen molar-refractivity contribution in [1.82, 2.24) is 0 Å². The monoisotopic (exact) mass is 588 g/mol. The molecule has 0 spiro atoms. The lowest BCUT2D eigenvalue weighted by molar-refractivity contribution is 1.80. The van der Waals surface area contributed by atoms with Gasteiger partial charge < -0.3 is 0 Å². The van der Waals surface area contributed by atoms with Crippen molar-refractivity contribution in [1.29, 1.82) is 0 Å². The van der Waals surface area contributed by atoms with Crippen LogP contribution in [0.4, 0.5) is 0 Å². The highest BCUT2D eigenvalue weighted by molar-refractivity contribution is 9.09. The van der Waals surface area contributed by atoms with Crippen molar-refractivity contribution in [3.05, 3.63) is 75.9 Å². The Morgan fingerprint density at radius 2 is 0.542 bits per heavy atom. The van der Waals surface area contributed by atoms with Gasteiger partial charge in [0.25, 0.3) is 0 Å². The van der Waals surface area contributed by atoms with E-state index in [1.54, 1.807) is 36.5 Å². The van der Waals surface area contributed by atoms with E-state index in [0.717, 1.165) is 16.0 Å². The second kappa shape index (κ2) is 75.6. The standard InChI is InChI=1S/3C3H5Br.3C3H5Cl/c6*1-2-3-4/h6*2H,1,3H2. The normalized spacial score (nSPS) is 6.25. The minimum atomic E-state index is 0.556. The first-order chi connectivity index (χ1) is 11.5. The van der Waals surface area contributed by atoms with Crippen LogP contribution in [-0.4, -0.2) is 33.6 Å². The zero-order valence-electron chi connectivity index (χ0n) is 14.2. The molecule has 0 amide bonds. The smallest absolute Gasteiger partial charge is 0.0401 e. The fourth-order valence-electron chi connectivity index (χ4n) is 0. The Labute approximate surface area is 190 Å². The van der Waals surface area contributed by atoms with Crippen LogP contribution < -0.4 is 0 Å². The maximum absolute atomic E-state index is 5.07. The number of halogens is 6. The highest BCUT2D eigenvalue weighted by atomic mass is 79.9. The van der Waals surface area contributed by atoms with Gasteiger partial charge in [0.05, 0.1) is 0 Å². The van der Waals surface area contributed by atoms with Crippen LogP contribution in [0.3, 0.4) is 0 Å². The minimum Gasteiger partial charge on any atom is -0.122 e. The van der Waals surface area contributed by atoms with Crippen molar-refractivity contribution in [2.24, 2.45) is 0 Å². The van der Waals surface area contributed by atoms with E-state index >= 15 is 0 Å². The lowest BCUT2D eigenvalue weighted by Crippen LogP contribution is -1.45. The van der Waals surface area contributed by atoms with Gasteiger partial charge in [0.1, 0.15) is 0 Å². The fraction of sp³-hybridized carbons (Fsp3) is 0.333. The Hall–Kier alpha value is 0.750. The molecular formula is C18H30Br3Cl3. The van der Waals surface area contributed by atoms with Crippen LogP contribution in [-0.2, 0) is 0 Å². The number of allylic oxidation sites excluding steroid dienone is 6. The number of hydrogen-bond acceptors (Lipinski definition) is 0. The minimum absolute atomic E-state index is 0.556. The lowest BCUT2D eigenvalue weighted by atomic mass is 10.8. The first kappa shape index (κ1) is 39.7. The van der Waals surface area contributed by atoms with Gasteiger partial charge in [0, 0.05) is 33.6 Å². The molecule has 24 heavy (non-hydrogen) atoms. The molecule has 0 fully saturated rings. The topological polar surface area (TPSA) is 0 Å². The Kier molecular flexibility index (Phi) is 125. The molecule has 0 aliphatic rings. The molecule has 0 saturated carbocycles. The summed E-state index contributed by atoms with van der Waals surface area (Å²) in [5, 5.41) is 2.69. The molecule has 0 heterocycles. The van der Waals surface area contributed by atoms with Crippen molar-refractivity contribution in [2.45, 2.75) is 0 Å². The van der Waals surface area contributed by atoms with E-state index in [1.165, 1.54) is 0 Å². The molecule has 0 rings (SSSR count). The van der Waals surface area contributed by atoms with Crippen LogP contribution in [0, 0.1) is 0 Å². The van der Waals surface area contributed by atoms with Crippen LogP contribution in [0.5, 0.6) is 0 Å². The molecule has 0 nitrogen and oxygen atoms in total. The Bertz CT molecular complexity index is 172. The molecular weight excluding hydrogens is 562 g/mol. The largest absolute Gasteiger partial charge is 0.122 e. The molecule has 0 aliphatic heterocycles. The quantitative estimate of drug-likeness (QED) is 0.214. The van der Waals surface area contributed by atoms with Crippen molar-refractivity contribution >= 4 is 82.6 Å². The molecule has 0 saturated heterocycles. The van der Waals surface area contributed by atoms with Crippen LogP contribution in [0.15, 0.2) is 75.9 Å². The van der Waals surface area contributed by atoms with Gasteiger partial charge in [-0.1, -0.05) is 84.2 Å². The average Bonchev–Trinajstić information content (AvgIpc) is 2.68. The van der Waals surface area contributed by atoms with Gasteiger partial charge in [-0.05, 0) is 0 Å². The first-order valence-corrected chi connectivity index (χ1v) is 11.5. The summed E-state index contributed by atoms with van der Waals surface area (Å²) in [5.74, 6) is 1.67. The molecule has 0 atom stereocenters. The summed E-state index contributed by atoms with van der Waals surface area (Å²) in [6, 6.07) is 0. The van der Waals surface area contributed by atoms with Crippen molar-refractivity contribution in [3.63, 3.8) is 0 Å². The van der Waals surface area contributed by atoms with Crippen LogP contribution in [0.2, 0.25) is 0 Å². The summed E-state index contributed by atoms with van der Waals surface area (Å²) >= 11 is 24.6. The van der Waals surface area contributed by atoms with Gasteiger partial charge in [-0.25, -0.2) is 0 Å². The van der Waals surface area contributed by atoms with Crippen LogP contribution in [0.25, 0.3) is 0 Å². The summed E-state index contributed by atoms with van der Waals surface area (Å²) in [4.78, 5) is 0. The molecule has 0 bridgehead atoms. The summed E-state index contributed by atoms with van der Waals surface area (Å²) in [7, 11) is 0. The first-order valence-electron chi connectivity index (χ1n) is 6.50. The maximum atomic E-state index is 5.07. The summed E-state index contributed by atoms with van der Waals surface area (Å²) in [5.41, 5.74) is 0. The molecule has 0 aromatic rings. The molecule has 0 unspecified atom stereocenters. The SMILES string of the molecule is C=CCBr.C=CCBr.C=CCBr.C=CCCl.C=CCCl.C=CCCl. The summed E-state index contributed by atoms with van der Waals surface area (Å²) < 4.78 is 0. The van der Waals surface area contributed by atoms with E-state index in [-0.39, 0.29) is 0 Å². The van der Waals surface area contributed by atoms with E-state index in [0.29, 0.717) is 17.6 Å². The average molecular weight is 593 g/mol. The second-order valence-corrected chi connectivity index (χ2v) is 5.53. The second-order valence-electron chi connectivity index (χ2n) is 2.66. The Morgan fingerprint density at radius 3 is 0.542 bits per heavy atom. The zero-order chi connectivity index (χ0) is 20.5. The van der Waals surface area contributed by atoms with Crippen LogP contribution in [0.1, 0.15) is 0 Å². The molecule has 0 aromatic carbocycles. The molecule has 0 aliphatic carbocycles. The van der Waals surface area contributed by atoms with Crippen molar-refractivity contribution in [2.75, 3.05) is 33.6 Å². The van der Waals surface area contributed by atoms with E-state index < -0.39 is 0 Å². The van der Waals surface area contributed by atoms with E-state index in [2.05, 4.69) is 87.3 Å². The van der Waals surface area contributed by atoms with Gasteiger partial charge in [0.2, 0.25) is 0 Å². The van der Waals surface area contributed by atoms with Gasteiger partial charge >= 0.3 is 0 Å². The molecule has 6 heteroatoms. The van der Waals surface area contributed by atoms with E-state index in [1.807, 2.05) is 0 Å². The van der Waals surface area contributed by atoms with E-state index in [4.69, 9.17) is 34.8 Å². The third-order valence-electron chi connectivity index (χ3n) is 0.655. The van der Waals surface area contributed by atoms with Gasteiger partial charge in [-0.3, -0.25) is 0 Å². The van der Waals surface area contributed by atoms with Gasteiger partial charge in [-0.15, -0.1) is 74.3 Å². The van der Waals surface area contributed by atoms with E-state index in [9.17, 15) is 0 Å². The summed E-state index contributed by atoms with van der Waals surface area (Å²) in [6.07, 6.45) is 10.3. The van der Waals surface area contributed by atoms with Crippen LogP contribution >= 0.6 is 82.6 Å². The molecule has 0 radical (unpaired) electrons. The highest BCUT2D eigenvalue weighted by Crippen LogP contribution is 1.74. The predicted octanol–water partition coefficient (Wildman–Crippen LogP) is 8.94. The van der Waals surface area contributed by atoms with Gasteiger partial charge in [-0.2, -0.15) is 0 Å². The number of alkyl halides is 6. The summed E-state index contributed by atoms with van der Waals surface area (Å²) in [6.45, 7) is 20.3. The molecule has 144 valence electrons. The number of hydrogen-bond donors (Lipinski definition) is 0. The molecule has 0 aromatic heterocycles. The fourth-order valence-corrected chi connectivity index (χ4v) is 0. The highest BCUT2D eigenvalue weighted by Gasteiger charge is 1.49. The van der Waals surface area contributed by atoms with Crippen molar-refractivity contribution < 1.29 is 0 Å². The molecule has 0 N–H and O–H groups in total. The Balaban J connectivity index is -0.0000000405. The number of rotatable bonds is 6. The van der Waals surface area contributed by atoms with Crippen molar-refractivity contribution in [3.8, 4) is 0 Å². The third kappa shape index (κ3) is 236. The maximum Gasteiger partial charge on any atom is 0.0401 e.